The Balaban J connectivity index is 0.000000169. The molecule has 0 aliphatic rings. The zero-order chi connectivity index (χ0) is 87.5. The summed E-state index contributed by atoms with van der Waals surface area (Å²) < 4.78 is 35.3. The van der Waals surface area contributed by atoms with E-state index in [-0.39, 0.29) is 23.6 Å². The summed E-state index contributed by atoms with van der Waals surface area (Å²) in [6.07, 6.45) is 0. The maximum atomic E-state index is 14.6. The largest absolute Gasteiger partial charge is 0.497 e. The van der Waals surface area contributed by atoms with Gasteiger partial charge in [-0.15, -0.1) is 0 Å². The Morgan fingerprint density at radius 1 is 0.385 bits per heavy atom. The maximum absolute atomic E-state index is 14.6. The van der Waals surface area contributed by atoms with Gasteiger partial charge in [0.25, 0.3) is 11.8 Å². The van der Waals surface area contributed by atoms with Gasteiger partial charge in [0.2, 0.25) is 17.7 Å². The van der Waals surface area contributed by atoms with Crippen LogP contribution in [0.3, 0.4) is 0 Å². The third-order valence-electron chi connectivity index (χ3n) is 20.9. The lowest BCUT2D eigenvalue weighted by atomic mass is 9.97. The minimum absolute atomic E-state index is 0.120. The number of hydrogen-bond acceptors (Lipinski definition) is 17. The van der Waals surface area contributed by atoms with E-state index in [9.17, 15) is 19.2 Å². The molecule has 0 radical (unpaired) electrons. The van der Waals surface area contributed by atoms with Crippen LogP contribution in [0.25, 0.3) is 102 Å². The van der Waals surface area contributed by atoms with Crippen LogP contribution in [-0.2, 0) is 9.59 Å². The number of methoxy groups -OCH3 is 5. The van der Waals surface area contributed by atoms with Crippen molar-refractivity contribution >= 4 is 63.4 Å². The molecule has 624 valence electrons. The molecular weight excluding hydrogens is 1530 g/mol. The molecule has 0 saturated heterocycles. The molecule has 0 spiro atoms. The van der Waals surface area contributed by atoms with Crippen molar-refractivity contribution < 1.29 is 47.3 Å². The van der Waals surface area contributed by atoms with Crippen LogP contribution < -0.4 is 59.2 Å². The molecule has 14 aromatic rings. The van der Waals surface area contributed by atoms with Gasteiger partial charge in [0.05, 0.1) is 64.0 Å². The lowest BCUT2D eigenvalue weighted by Gasteiger charge is -2.18. The highest BCUT2D eigenvalue weighted by Gasteiger charge is 2.30. The molecule has 11 aromatic carbocycles. The average Bonchev–Trinajstić information content (AvgIpc) is 1.60. The molecule has 0 fully saturated rings. The van der Waals surface area contributed by atoms with Crippen molar-refractivity contribution in [1.29, 1.82) is 0 Å². The molecule has 3 amide bonds. The first-order valence-corrected chi connectivity index (χ1v) is 39.7. The number of benzene rings is 11. The smallest absolute Gasteiger partial charge is 0.264 e. The first kappa shape index (κ1) is 86.7. The molecule has 0 bridgehead atoms. The number of rotatable bonds is 23. The van der Waals surface area contributed by atoms with Crippen molar-refractivity contribution in [2.24, 2.45) is 0 Å². The summed E-state index contributed by atoms with van der Waals surface area (Å²) in [4.78, 5) is 78.8. The number of nitrogens with zero attached hydrogens (tertiary/aromatic N) is 8. The topological polar surface area (TPSA) is 236 Å². The number of oxazole rings is 1. The molecular formula is C100H104N12O10. The van der Waals surface area contributed by atoms with Crippen LogP contribution in [0.1, 0.15) is 67.9 Å². The van der Waals surface area contributed by atoms with Crippen molar-refractivity contribution in [2.45, 2.75) is 55.4 Å². The highest BCUT2D eigenvalue weighted by Crippen LogP contribution is 2.46. The monoisotopic (exact) mass is 1630 g/mol. The predicted octanol–water partition coefficient (Wildman–Crippen LogP) is 21.0. The Hall–Kier alpha value is -14.7. The molecule has 0 saturated carbocycles. The molecule has 3 heterocycles. The van der Waals surface area contributed by atoms with Crippen LogP contribution in [0.2, 0.25) is 0 Å². The van der Waals surface area contributed by atoms with Gasteiger partial charge in [-0.3, -0.25) is 23.7 Å². The Bertz CT molecular complexity index is 5940. The van der Waals surface area contributed by atoms with E-state index < -0.39 is 0 Å². The van der Waals surface area contributed by atoms with E-state index in [0.29, 0.717) is 79.7 Å². The van der Waals surface area contributed by atoms with E-state index in [1.165, 1.54) is 33.6 Å². The fourth-order valence-corrected chi connectivity index (χ4v) is 14.6. The summed E-state index contributed by atoms with van der Waals surface area (Å²) in [5.41, 5.74) is 25.0. The highest BCUT2D eigenvalue weighted by molar-refractivity contribution is 6.07. The van der Waals surface area contributed by atoms with Gasteiger partial charge < -0.3 is 68.6 Å². The minimum atomic E-state index is -0.242. The number of anilines is 7. The molecule has 4 N–H and O–H groups in total. The molecule has 0 unspecified atom stereocenters. The number of ether oxygens (including phenoxy) is 5. The summed E-state index contributed by atoms with van der Waals surface area (Å²) >= 11 is 0. The summed E-state index contributed by atoms with van der Waals surface area (Å²) in [7, 11) is 24.0. The van der Waals surface area contributed by atoms with Crippen molar-refractivity contribution in [3.05, 3.63) is 269 Å². The van der Waals surface area contributed by atoms with E-state index in [2.05, 4.69) is 121 Å². The second kappa shape index (κ2) is 37.9. The van der Waals surface area contributed by atoms with E-state index in [0.717, 1.165) is 130 Å². The van der Waals surface area contributed by atoms with Gasteiger partial charge >= 0.3 is 0 Å². The van der Waals surface area contributed by atoms with Gasteiger partial charge in [-0.1, -0.05) is 60.7 Å². The molecule has 14 rings (SSSR count). The maximum Gasteiger partial charge on any atom is 0.264 e. The van der Waals surface area contributed by atoms with E-state index >= 15 is 0 Å². The van der Waals surface area contributed by atoms with Crippen molar-refractivity contribution in [1.82, 2.24) is 24.5 Å². The van der Waals surface area contributed by atoms with Crippen LogP contribution in [0.4, 0.5) is 39.8 Å². The van der Waals surface area contributed by atoms with Gasteiger partial charge in [0, 0.05) is 160 Å². The number of carbonyl (C=O) groups excluding carboxylic acids is 4. The van der Waals surface area contributed by atoms with Crippen LogP contribution >= 0.6 is 0 Å². The third kappa shape index (κ3) is 19.2. The lowest BCUT2D eigenvalue weighted by Crippen LogP contribution is -2.15. The van der Waals surface area contributed by atoms with E-state index in [4.69, 9.17) is 43.1 Å². The molecule has 122 heavy (non-hydrogen) atoms. The second-order valence-corrected chi connectivity index (χ2v) is 30.5. The summed E-state index contributed by atoms with van der Waals surface area (Å²) in [6.45, 7) is 15.2. The number of H-pyrrole nitrogens is 1. The number of aromatic nitrogens is 5. The average molecular weight is 1630 g/mol. The summed E-state index contributed by atoms with van der Waals surface area (Å²) in [5.74, 6) is 4.58. The Labute approximate surface area is 713 Å². The second-order valence-electron chi connectivity index (χ2n) is 30.5. The Morgan fingerprint density at radius 3 is 1.35 bits per heavy atom. The predicted molar refractivity (Wildman–Crippen MR) is 494 cm³/mol. The Morgan fingerprint density at radius 2 is 0.861 bits per heavy atom. The number of aromatic amines is 1. The zero-order valence-corrected chi connectivity index (χ0v) is 73.0. The van der Waals surface area contributed by atoms with Gasteiger partial charge in [-0.05, 0) is 239 Å². The normalized spacial score (nSPS) is 10.8. The van der Waals surface area contributed by atoms with Gasteiger partial charge in [-0.2, -0.15) is 0 Å². The summed E-state index contributed by atoms with van der Waals surface area (Å²) in [5, 5.41) is 8.87. The number of nitrogens with one attached hydrogen (secondary N) is 4. The zero-order valence-electron chi connectivity index (χ0n) is 73.0. The molecule has 22 heteroatoms. The molecule has 0 aliphatic carbocycles. The highest BCUT2D eigenvalue weighted by atomic mass is 16.5. The fraction of sp³-hybridized carbons (Fsp3) is 0.210. The first-order chi connectivity index (χ1) is 58.5. The molecule has 0 atom stereocenters. The minimum Gasteiger partial charge on any atom is -0.497 e. The molecule has 0 aliphatic heterocycles. The van der Waals surface area contributed by atoms with Gasteiger partial charge in [-0.25, -0.2) is 15.0 Å². The van der Waals surface area contributed by atoms with Crippen molar-refractivity contribution in [2.75, 3.05) is 127 Å². The van der Waals surface area contributed by atoms with Crippen LogP contribution in [-0.4, -0.2) is 140 Å². The van der Waals surface area contributed by atoms with E-state index in [1.54, 1.807) is 38.0 Å². The van der Waals surface area contributed by atoms with E-state index in [1.807, 2.05) is 229 Å². The van der Waals surface area contributed by atoms with Gasteiger partial charge in [0.15, 0.2) is 5.76 Å². The number of aryl methyl sites for hydroxylation is 6. The quantitative estimate of drug-likeness (QED) is 0.0466. The van der Waals surface area contributed by atoms with Crippen molar-refractivity contribution in [3.8, 4) is 131 Å². The number of carbonyl (C=O) groups is 4. The van der Waals surface area contributed by atoms with Crippen molar-refractivity contribution in [3.63, 3.8) is 0 Å². The standard InChI is InChI=1S/C37H39N5O3.C36H39N5O.C27H26N2O6/c1-23-20-28(21-24(2)35(23)45-8)36-39-33(31-19-18-30(41(6)7)22-32(31)38-25(3)43)34(26-14-16-29(17-15-26)40(4)5)42(36)37(44)27-12-10-9-11-13-27;1-22-20-28(40(5)6)14-16-30(22)33-34(31-17-15-29(41(7)8)21-23(31)2)38-35(37-33)27-18-24(3)32(25(4)19-27)39-36(42)26-12-10-9-11-13-26;1-16(30)28-25-22(33-4)14-19(15-23(25)34-5)27-29-24(17-6-10-20(31-2)11-7-17)26(35-27)18-8-12-21(32-3)13-9-18/h9-22H,1-8H3,(H,38,43);9-21H,1-8H3,(H,37,38)(H,39,42);6-15H,1-5H3,(H,28,30). The third-order valence-corrected chi connectivity index (χ3v) is 20.9. The molecule has 22 nitrogen and oxygen atoms in total. The molecule has 3 aromatic heterocycles. The fourth-order valence-electron chi connectivity index (χ4n) is 14.6. The van der Waals surface area contributed by atoms with Crippen LogP contribution in [0.5, 0.6) is 28.7 Å². The first-order valence-electron chi connectivity index (χ1n) is 39.7. The lowest BCUT2D eigenvalue weighted by molar-refractivity contribution is -0.115. The van der Waals surface area contributed by atoms with Crippen LogP contribution in [0.15, 0.2) is 229 Å². The number of imidazole rings is 2. The SMILES string of the molecule is COc1c(C)cc(-c2nc(-c3ccc(N(C)C)cc3NC(C)=O)c(-c3ccc(N(C)C)cc3)n2C(=O)c2ccccc2)cc1C.COc1ccc(-c2nc(-c3cc(OC)c(NC(C)=O)c(OC)c3)oc2-c2ccc(OC)cc2)cc1.Cc1cc(N(C)C)ccc1-c1nc(-c2cc(C)c(NC(=O)c3ccccc3)c(C)c2)[nH]c1-c1ccc(N(C)C)cc1C. The van der Waals surface area contributed by atoms with Gasteiger partial charge in [0.1, 0.15) is 51.8 Å². The summed E-state index contributed by atoms with van der Waals surface area (Å²) in [6, 6.07) is 72.3. The Kier molecular flexibility index (Phi) is 27.0. The number of amides is 3. The van der Waals surface area contributed by atoms with Crippen LogP contribution in [0, 0.1) is 41.5 Å². The number of hydrogen-bond donors (Lipinski definition) is 4.